The van der Waals surface area contributed by atoms with E-state index in [4.69, 9.17) is 18.9 Å². The van der Waals surface area contributed by atoms with Gasteiger partial charge in [0, 0.05) is 0 Å². The van der Waals surface area contributed by atoms with E-state index in [2.05, 4.69) is 0 Å². The van der Waals surface area contributed by atoms with Gasteiger partial charge in [-0.05, 0) is 36.1 Å². The Balaban J connectivity index is 1.16. The number of aliphatic hydroxyl groups excluding tert-OH is 1. The van der Waals surface area contributed by atoms with Gasteiger partial charge in [0.15, 0.2) is 0 Å². The van der Waals surface area contributed by atoms with Crippen LogP contribution in [0.15, 0.2) is 54.6 Å². The van der Waals surface area contributed by atoms with Crippen LogP contribution in [-0.4, -0.2) is 43.7 Å². The third kappa shape index (κ3) is 8.15. The molecule has 0 radical (unpaired) electrons. The molecular weight excluding hydrogens is 368 g/mol. The maximum Gasteiger partial charge on any atom is 0.118 e. The van der Waals surface area contributed by atoms with E-state index in [1.165, 1.54) is 0 Å². The highest BCUT2D eigenvalue weighted by Gasteiger charge is 2.37. The number of hydrogen-bond acceptors (Lipinski definition) is 5. The first-order valence-corrected chi connectivity index (χ1v) is 10.4. The maximum atomic E-state index is 10.0. The van der Waals surface area contributed by atoms with Gasteiger partial charge in [0.05, 0.1) is 45.7 Å². The second-order valence-electron chi connectivity index (χ2n) is 7.52. The SMILES string of the molecule is COc1ccc(COC[C@H]2O[C@H]2CCCC[C@H](O)COCc2ccccc2)cc1. The van der Waals surface area contributed by atoms with Crippen LogP contribution in [0.2, 0.25) is 0 Å². The van der Waals surface area contributed by atoms with Crippen LogP contribution in [0.4, 0.5) is 0 Å². The third-order valence-corrected chi connectivity index (χ3v) is 5.10. The Kier molecular flexibility index (Phi) is 8.96. The average molecular weight is 401 g/mol. The van der Waals surface area contributed by atoms with Gasteiger partial charge < -0.3 is 24.1 Å². The van der Waals surface area contributed by atoms with Gasteiger partial charge in [0.2, 0.25) is 0 Å². The first kappa shape index (κ1) is 21.8. The summed E-state index contributed by atoms with van der Waals surface area (Å²) in [4.78, 5) is 0. The fourth-order valence-corrected chi connectivity index (χ4v) is 3.29. The minimum absolute atomic E-state index is 0.215. The molecular formula is C24H32O5. The molecule has 0 amide bonds. The van der Waals surface area contributed by atoms with Gasteiger partial charge in [-0.1, -0.05) is 55.3 Å². The standard InChI is InChI=1S/C24H32O5/c1-26-22-13-11-20(12-14-22)16-28-18-24-23(29-24)10-6-5-9-21(25)17-27-15-19-7-3-2-4-8-19/h2-4,7-8,11-14,21,23-25H,5-6,9-10,15-18H2,1H3/t21-,23-,24+/m0/s1. The van der Waals surface area contributed by atoms with Crippen molar-refractivity contribution in [3.63, 3.8) is 0 Å². The van der Waals surface area contributed by atoms with E-state index in [9.17, 15) is 5.11 Å². The molecule has 1 aliphatic rings. The molecule has 0 bridgehead atoms. The zero-order chi connectivity index (χ0) is 20.3. The molecule has 5 nitrogen and oxygen atoms in total. The van der Waals surface area contributed by atoms with Crippen LogP contribution in [-0.2, 0) is 27.4 Å². The van der Waals surface area contributed by atoms with Crippen molar-refractivity contribution in [1.82, 2.24) is 0 Å². The molecule has 0 spiro atoms. The van der Waals surface area contributed by atoms with Crippen LogP contribution >= 0.6 is 0 Å². The van der Waals surface area contributed by atoms with Gasteiger partial charge in [0.25, 0.3) is 0 Å². The van der Waals surface area contributed by atoms with Crippen molar-refractivity contribution in [3.05, 3.63) is 65.7 Å². The fraction of sp³-hybridized carbons (Fsp3) is 0.500. The minimum Gasteiger partial charge on any atom is -0.497 e. The zero-order valence-electron chi connectivity index (χ0n) is 17.2. The molecule has 1 N–H and O–H groups in total. The first-order valence-electron chi connectivity index (χ1n) is 10.4. The average Bonchev–Trinajstić information content (AvgIpc) is 3.50. The van der Waals surface area contributed by atoms with Crippen LogP contribution in [0, 0.1) is 0 Å². The van der Waals surface area contributed by atoms with Gasteiger partial charge in [-0.15, -0.1) is 0 Å². The van der Waals surface area contributed by atoms with Crippen LogP contribution in [0.1, 0.15) is 36.8 Å². The van der Waals surface area contributed by atoms with Crippen LogP contribution in [0.5, 0.6) is 5.75 Å². The zero-order valence-corrected chi connectivity index (χ0v) is 17.2. The smallest absolute Gasteiger partial charge is 0.118 e. The molecule has 2 aromatic carbocycles. The summed E-state index contributed by atoms with van der Waals surface area (Å²) < 4.78 is 22.2. The van der Waals surface area contributed by atoms with E-state index in [1.807, 2.05) is 54.6 Å². The molecule has 3 atom stereocenters. The number of epoxide rings is 1. The Bertz CT molecular complexity index is 688. The largest absolute Gasteiger partial charge is 0.497 e. The van der Waals surface area contributed by atoms with Crippen LogP contribution in [0.3, 0.4) is 0 Å². The lowest BCUT2D eigenvalue weighted by atomic mass is 10.1. The fourth-order valence-electron chi connectivity index (χ4n) is 3.29. The van der Waals surface area contributed by atoms with Crippen molar-refractivity contribution >= 4 is 0 Å². The highest BCUT2D eigenvalue weighted by molar-refractivity contribution is 5.26. The number of aliphatic hydroxyl groups is 1. The van der Waals surface area contributed by atoms with Crippen molar-refractivity contribution in [1.29, 1.82) is 0 Å². The van der Waals surface area contributed by atoms with E-state index in [0.29, 0.717) is 32.5 Å². The molecule has 1 saturated heterocycles. The molecule has 0 saturated carbocycles. The highest BCUT2D eigenvalue weighted by Crippen LogP contribution is 2.28. The van der Waals surface area contributed by atoms with Gasteiger partial charge in [-0.3, -0.25) is 0 Å². The second kappa shape index (κ2) is 11.9. The van der Waals surface area contributed by atoms with Gasteiger partial charge in [-0.2, -0.15) is 0 Å². The maximum absolute atomic E-state index is 10.0. The Morgan fingerprint density at radius 1 is 0.897 bits per heavy atom. The van der Waals surface area contributed by atoms with Gasteiger partial charge >= 0.3 is 0 Å². The van der Waals surface area contributed by atoms with Crippen molar-refractivity contribution < 1.29 is 24.1 Å². The van der Waals surface area contributed by atoms with Crippen molar-refractivity contribution in [3.8, 4) is 5.75 Å². The van der Waals surface area contributed by atoms with E-state index >= 15 is 0 Å². The number of ether oxygens (including phenoxy) is 4. The van der Waals surface area contributed by atoms with E-state index in [0.717, 1.165) is 42.6 Å². The molecule has 0 aromatic heterocycles. The second-order valence-corrected chi connectivity index (χ2v) is 7.52. The summed E-state index contributed by atoms with van der Waals surface area (Å²) in [6.07, 6.45) is 3.94. The molecule has 2 aromatic rings. The molecule has 1 aliphatic heterocycles. The van der Waals surface area contributed by atoms with Crippen molar-refractivity contribution in [2.24, 2.45) is 0 Å². The quantitative estimate of drug-likeness (QED) is 0.382. The highest BCUT2D eigenvalue weighted by atomic mass is 16.6. The summed E-state index contributed by atoms with van der Waals surface area (Å²) in [6.45, 7) is 2.15. The number of methoxy groups -OCH3 is 1. The molecule has 0 unspecified atom stereocenters. The predicted octanol–water partition coefficient (Wildman–Crippen LogP) is 4.12. The Morgan fingerprint density at radius 2 is 1.62 bits per heavy atom. The topological polar surface area (TPSA) is 60.5 Å². The molecule has 0 aliphatic carbocycles. The lowest BCUT2D eigenvalue weighted by Crippen LogP contribution is -2.15. The number of rotatable bonds is 14. The van der Waals surface area contributed by atoms with Gasteiger partial charge in [-0.25, -0.2) is 0 Å². The summed E-state index contributed by atoms with van der Waals surface area (Å²) in [5.41, 5.74) is 2.26. The summed E-state index contributed by atoms with van der Waals surface area (Å²) in [5, 5.41) is 10.0. The number of unbranched alkanes of at least 4 members (excludes halogenated alkanes) is 1. The lowest BCUT2D eigenvalue weighted by Gasteiger charge is -2.11. The first-order chi connectivity index (χ1) is 14.2. The van der Waals surface area contributed by atoms with Gasteiger partial charge in [0.1, 0.15) is 11.9 Å². The van der Waals surface area contributed by atoms with Crippen LogP contribution in [0.25, 0.3) is 0 Å². The third-order valence-electron chi connectivity index (χ3n) is 5.10. The Labute approximate surface area is 173 Å². The Hall–Kier alpha value is -1.92. The number of benzene rings is 2. The van der Waals surface area contributed by atoms with E-state index in [1.54, 1.807) is 7.11 Å². The van der Waals surface area contributed by atoms with Crippen LogP contribution < -0.4 is 4.74 Å². The number of hydrogen-bond donors (Lipinski definition) is 1. The molecule has 1 heterocycles. The lowest BCUT2D eigenvalue weighted by molar-refractivity contribution is 0.0233. The summed E-state index contributed by atoms with van der Waals surface area (Å²) >= 11 is 0. The summed E-state index contributed by atoms with van der Waals surface area (Å²) in [5.74, 6) is 0.854. The molecule has 158 valence electrons. The molecule has 29 heavy (non-hydrogen) atoms. The minimum atomic E-state index is -0.400. The monoisotopic (exact) mass is 400 g/mol. The predicted molar refractivity (Wildman–Crippen MR) is 112 cm³/mol. The summed E-state index contributed by atoms with van der Waals surface area (Å²) in [7, 11) is 1.66. The molecule has 5 heteroatoms. The van der Waals surface area contributed by atoms with E-state index in [-0.39, 0.29) is 6.10 Å². The molecule has 1 fully saturated rings. The normalized spacial score (nSPS) is 19.1. The van der Waals surface area contributed by atoms with Crippen molar-refractivity contribution in [2.75, 3.05) is 20.3 Å². The molecule has 3 rings (SSSR count). The van der Waals surface area contributed by atoms with E-state index < -0.39 is 6.10 Å². The summed E-state index contributed by atoms with van der Waals surface area (Å²) in [6, 6.07) is 17.9. The van der Waals surface area contributed by atoms with Crippen molar-refractivity contribution in [2.45, 2.75) is 57.2 Å². The Morgan fingerprint density at radius 3 is 2.38 bits per heavy atom.